The number of rotatable bonds is 13. The highest BCUT2D eigenvalue weighted by molar-refractivity contribution is 7.11. The van der Waals surface area contributed by atoms with E-state index in [0.29, 0.717) is 36.3 Å². The van der Waals surface area contributed by atoms with Crippen molar-refractivity contribution in [1.29, 1.82) is 0 Å². The quantitative estimate of drug-likeness (QED) is 0.110. The van der Waals surface area contributed by atoms with Crippen LogP contribution in [0.4, 0.5) is 0 Å². The summed E-state index contributed by atoms with van der Waals surface area (Å²) in [5, 5.41) is 4.70. The second-order valence-corrected chi connectivity index (χ2v) is 47.4. The first-order chi connectivity index (χ1) is 36.7. The molecule has 22 heteroatoms. The van der Waals surface area contributed by atoms with E-state index in [2.05, 4.69) is 78.3 Å². The van der Waals surface area contributed by atoms with Crippen LogP contribution in [0.5, 0.6) is 0 Å². The Labute approximate surface area is 467 Å². The third-order valence-corrected chi connectivity index (χ3v) is 49.8. The number of hydrogen-bond donors (Lipinski definition) is 0. The van der Waals surface area contributed by atoms with Gasteiger partial charge in [0.05, 0.1) is 0 Å². The number of benzene rings is 7. The fourth-order valence-corrected chi connectivity index (χ4v) is 56.3. The molecule has 0 aromatic heterocycles. The third kappa shape index (κ3) is 10.5. The molecule has 0 saturated carbocycles. The molecule has 12 nitrogen and oxygen atoms in total. The Kier molecular flexibility index (Phi) is 16.1. The molecule has 0 unspecified atom stereocenters. The fourth-order valence-electron chi connectivity index (χ4n) is 10.4. The van der Waals surface area contributed by atoms with Gasteiger partial charge in [0.2, 0.25) is 0 Å². The van der Waals surface area contributed by atoms with Gasteiger partial charge in [0.25, 0.3) is 0 Å². The molecule has 0 spiro atoms. The van der Waals surface area contributed by atoms with Crippen LogP contribution >= 0.6 is 0 Å². The smallest absolute Gasteiger partial charge is 0.413 e. The van der Waals surface area contributed by atoms with E-state index in [9.17, 15) is 0 Å². The molecule has 399 valence electrons. The molecule has 7 aromatic rings. The second kappa shape index (κ2) is 21.9. The molecule has 0 amide bonds. The van der Waals surface area contributed by atoms with Gasteiger partial charge in [0, 0.05) is 36.3 Å². The maximum atomic E-state index is 8.58. The topological polar surface area (TPSA) is 111 Å². The normalized spacial score (nSPS) is 28.5. The van der Waals surface area contributed by atoms with Gasteiger partial charge in [-0.25, -0.2) is 0 Å². The zero-order valence-corrected chi connectivity index (χ0v) is 56.1. The minimum Gasteiger partial charge on any atom is -0.413 e. The van der Waals surface area contributed by atoms with Crippen LogP contribution in [0.2, 0.25) is 39.3 Å². The average Bonchev–Trinajstić information content (AvgIpc) is 3.47. The zero-order valence-electron chi connectivity index (χ0n) is 46.1. The summed E-state index contributed by atoms with van der Waals surface area (Å²) >= 11 is 0. The van der Waals surface area contributed by atoms with Gasteiger partial charge >= 0.3 is 61.6 Å². The van der Waals surface area contributed by atoms with Gasteiger partial charge in [0.1, 0.15) is 0 Å². The van der Waals surface area contributed by atoms with Crippen LogP contribution in [-0.2, 0) is 49.4 Å². The molecule has 3 aliphatic rings. The minimum atomic E-state index is -4.94. The van der Waals surface area contributed by atoms with Crippen molar-refractivity contribution in [3.05, 3.63) is 209 Å². The summed E-state index contributed by atoms with van der Waals surface area (Å²) in [6.45, 7) is 26.9. The molecule has 0 aliphatic carbocycles. The molecule has 7 aromatic carbocycles. The first kappa shape index (κ1) is 56.5. The van der Waals surface area contributed by atoms with Gasteiger partial charge in [0.15, 0.2) is 27.1 Å². The van der Waals surface area contributed by atoms with Crippen molar-refractivity contribution in [3.63, 3.8) is 0 Å². The molecule has 10 rings (SSSR count). The molecule has 0 atom stereocenters. The number of hydrogen-bond acceptors (Lipinski definition) is 12. The largest absolute Gasteiger partial charge is 0.516 e. The Bertz CT molecular complexity index is 2970. The molecular formula is C55H67O12Si10. The maximum Gasteiger partial charge on any atom is 0.516 e. The second-order valence-electron chi connectivity index (χ2n) is 20.5. The lowest BCUT2D eigenvalue weighted by Gasteiger charge is -2.58. The van der Waals surface area contributed by atoms with E-state index < -0.39 is 88.8 Å². The van der Waals surface area contributed by atoms with E-state index >= 15 is 0 Å². The van der Waals surface area contributed by atoms with Crippen molar-refractivity contribution in [2.45, 2.75) is 87.7 Å². The lowest BCUT2D eigenvalue weighted by molar-refractivity contribution is 0.0395. The summed E-state index contributed by atoms with van der Waals surface area (Å²) in [4.78, 5) is 0. The molecular weight excluding hydrogens is 1130 g/mol. The van der Waals surface area contributed by atoms with Crippen LogP contribution in [0.1, 0.15) is 38.9 Å². The van der Waals surface area contributed by atoms with E-state index in [1.165, 1.54) is 0 Å². The van der Waals surface area contributed by atoms with E-state index in [0.717, 1.165) is 38.9 Å². The van der Waals surface area contributed by atoms with Crippen LogP contribution in [0, 0.1) is 48.5 Å². The highest BCUT2D eigenvalue weighted by Gasteiger charge is 2.81. The third-order valence-electron chi connectivity index (χ3n) is 13.8. The first-order valence-electron chi connectivity index (χ1n) is 25.9. The van der Waals surface area contributed by atoms with Gasteiger partial charge in [-0.1, -0.05) is 170 Å². The van der Waals surface area contributed by atoms with Crippen molar-refractivity contribution in [3.8, 4) is 0 Å². The molecule has 3 aliphatic heterocycles. The standard InChI is InChI=1S/C55H67O12Si10/c1-42-28-14-21-35-49(42)71(56-68(8)9)59-74(52-38-24-17-31-45(52)4)61-72(57-69(10)11,50-36-22-15-29-43(50)2)63-76(54-40-26-19-33-47(54)6)64-73(58-70(12)13,51-37-23-16-30-44(51)3)62-75(60-71,53-39-25-18-32-46(53)5)66-77(65-74,67-76)55-41-27-20-34-48(55)7/h14-41H,1-13H3. The SMILES string of the molecule is Cc1ccccc1[Si]1(O[Si](C)C)O[Si]2(c3ccccc3C)O[Si](O[Si](C)C)(c3ccccc3C)O[Si]3(c4ccccc4C)O[Si](O[Si](C)C)(c4ccccc4C)O[Si](c4ccccc4C)(O1)O[Si](c1ccccc1C)(O2)O3. The molecule has 77 heavy (non-hydrogen) atoms. The monoisotopic (exact) mass is 1200 g/mol. The summed E-state index contributed by atoms with van der Waals surface area (Å²) in [5.74, 6) is 0. The van der Waals surface area contributed by atoms with Crippen LogP contribution in [0.3, 0.4) is 0 Å². The molecule has 4 bridgehead atoms. The maximum absolute atomic E-state index is 8.58. The van der Waals surface area contributed by atoms with Crippen LogP contribution in [-0.4, -0.2) is 88.8 Å². The predicted molar refractivity (Wildman–Crippen MR) is 321 cm³/mol. The Morgan fingerprint density at radius 1 is 0.234 bits per heavy atom. The molecule has 3 saturated heterocycles. The first-order valence-corrected chi connectivity index (χ1v) is 45.2. The summed E-state index contributed by atoms with van der Waals surface area (Å²) in [6, 6.07) is 56.5. The van der Waals surface area contributed by atoms with E-state index in [1.807, 2.05) is 179 Å². The summed E-state index contributed by atoms with van der Waals surface area (Å²) in [7, 11) is -39.1. The Balaban J connectivity index is 1.51. The average molecular weight is 1200 g/mol. The van der Waals surface area contributed by atoms with E-state index in [4.69, 9.17) is 49.4 Å². The van der Waals surface area contributed by atoms with Crippen molar-refractivity contribution in [1.82, 2.24) is 0 Å². The highest BCUT2D eigenvalue weighted by Crippen LogP contribution is 2.45. The highest BCUT2D eigenvalue weighted by atomic mass is 28.6. The lowest BCUT2D eigenvalue weighted by atomic mass is 10.2. The number of fused-ring (bicyclic) bond motifs is 3. The van der Waals surface area contributed by atoms with E-state index in [-0.39, 0.29) is 0 Å². The predicted octanol–water partition coefficient (Wildman–Crippen LogP) is 7.06. The van der Waals surface area contributed by atoms with Crippen molar-refractivity contribution < 1.29 is 49.4 Å². The summed E-state index contributed by atoms with van der Waals surface area (Å²) in [6.07, 6.45) is 0. The molecule has 3 radical (unpaired) electrons. The van der Waals surface area contributed by atoms with Crippen LogP contribution in [0.15, 0.2) is 170 Å². The van der Waals surface area contributed by atoms with Gasteiger partial charge < -0.3 is 49.4 Å². The van der Waals surface area contributed by atoms with E-state index in [1.54, 1.807) is 0 Å². The zero-order chi connectivity index (χ0) is 54.6. The van der Waals surface area contributed by atoms with Gasteiger partial charge in [-0.05, 0) is 127 Å². The molecule has 3 fully saturated rings. The van der Waals surface area contributed by atoms with Crippen LogP contribution < -0.4 is 36.3 Å². The minimum absolute atomic E-state index is 0.637. The Morgan fingerprint density at radius 3 is 0.558 bits per heavy atom. The van der Waals surface area contributed by atoms with Gasteiger partial charge in [-0.2, -0.15) is 0 Å². The summed E-state index contributed by atoms with van der Waals surface area (Å²) in [5.41, 5.74) is 5.98. The molecule has 0 N–H and O–H groups in total. The van der Waals surface area contributed by atoms with Gasteiger partial charge in [-0.15, -0.1) is 0 Å². The number of aryl methyl sites for hydroxylation is 7. The molecule has 3 heterocycles. The summed E-state index contributed by atoms with van der Waals surface area (Å²) < 4.78 is 100.0. The Morgan fingerprint density at radius 2 is 0.390 bits per heavy atom. The van der Waals surface area contributed by atoms with Crippen molar-refractivity contribution in [2.75, 3.05) is 0 Å². The van der Waals surface area contributed by atoms with Crippen molar-refractivity contribution in [2.24, 2.45) is 0 Å². The van der Waals surface area contributed by atoms with Gasteiger partial charge in [-0.3, -0.25) is 0 Å². The van der Waals surface area contributed by atoms with Crippen molar-refractivity contribution >= 4 is 125 Å². The lowest BCUT2D eigenvalue weighted by Crippen LogP contribution is -2.92. The van der Waals surface area contributed by atoms with Crippen LogP contribution in [0.25, 0.3) is 0 Å². The Hall–Kier alpha value is -3.77. The fraction of sp³-hybridized carbons (Fsp3) is 0.236.